The number of phenols is 1. The zero-order valence-corrected chi connectivity index (χ0v) is 12.2. The third kappa shape index (κ3) is 2.21. The molecule has 0 aliphatic rings. The molecule has 2 nitrogen and oxygen atoms in total. The van der Waals surface area contributed by atoms with Crippen LogP contribution in [0.1, 0.15) is 5.69 Å². The molecule has 1 aromatic heterocycles. The monoisotopic (exact) mass is 303 g/mol. The number of nitrogens with zero attached hydrogens (tertiary/aromatic N) is 1. The van der Waals surface area contributed by atoms with Crippen LogP contribution in [0.2, 0.25) is 10.0 Å². The van der Waals surface area contributed by atoms with Crippen molar-refractivity contribution in [2.75, 3.05) is 0 Å². The van der Waals surface area contributed by atoms with Gasteiger partial charge in [0.05, 0.1) is 10.5 Å². The highest BCUT2D eigenvalue weighted by Gasteiger charge is 2.12. The van der Waals surface area contributed by atoms with Gasteiger partial charge in [-0.15, -0.1) is 0 Å². The minimum absolute atomic E-state index is 0.175. The fourth-order valence-electron chi connectivity index (χ4n) is 2.28. The van der Waals surface area contributed by atoms with Crippen LogP contribution in [0.4, 0.5) is 0 Å². The van der Waals surface area contributed by atoms with Crippen LogP contribution in [-0.4, -0.2) is 10.1 Å². The van der Waals surface area contributed by atoms with Gasteiger partial charge in [-0.05, 0) is 42.8 Å². The van der Waals surface area contributed by atoms with Gasteiger partial charge in [-0.2, -0.15) is 0 Å². The lowest BCUT2D eigenvalue weighted by molar-refractivity contribution is 0.475. The molecule has 0 aliphatic heterocycles. The van der Waals surface area contributed by atoms with E-state index in [9.17, 15) is 5.11 Å². The molecular formula is C16H11Cl2NO. The highest BCUT2D eigenvalue weighted by atomic mass is 35.5. The van der Waals surface area contributed by atoms with Gasteiger partial charge in [-0.1, -0.05) is 35.3 Å². The van der Waals surface area contributed by atoms with Crippen molar-refractivity contribution < 1.29 is 5.11 Å². The van der Waals surface area contributed by atoms with Crippen molar-refractivity contribution in [2.45, 2.75) is 6.92 Å². The molecule has 4 heteroatoms. The molecule has 0 aliphatic carbocycles. The molecule has 1 heterocycles. The minimum atomic E-state index is 0.175. The largest absolute Gasteiger partial charge is 0.508 e. The predicted molar refractivity (Wildman–Crippen MR) is 83.6 cm³/mol. The number of halogens is 2. The summed E-state index contributed by atoms with van der Waals surface area (Å²) < 4.78 is 0. The quantitative estimate of drug-likeness (QED) is 0.668. The molecule has 3 rings (SSSR count). The maximum Gasteiger partial charge on any atom is 0.116 e. The number of aryl methyl sites for hydroxylation is 1. The van der Waals surface area contributed by atoms with Crippen LogP contribution in [0.5, 0.6) is 5.75 Å². The van der Waals surface area contributed by atoms with E-state index in [1.165, 1.54) is 0 Å². The number of hydrogen-bond donors (Lipinski definition) is 1. The van der Waals surface area contributed by atoms with Gasteiger partial charge in [0.25, 0.3) is 0 Å². The van der Waals surface area contributed by atoms with Crippen LogP contribution >= 0.6 is 23.2 Å². The van der Waals surface area contributed by atoms with E-state index in [-0.39, 0.29) is 5.75 Å². The second kappa shape index (κ2) is 4.97. The van der Waals surface area contributed by atoms with E-state index in [0.717, 1.165) is 27.7 Å². The van der Waals surface area contributed by atoms with Gasteiger partial charge in [-0.25, -0.2) is 0 Å². The molecule has 0 radical (unpaired) electrons. The summed E-state index contributed by atoms with van der Waals surface area (Å²) in [5.41, 5.74) is 3.27. The Bertz CT molecular complexity index is 815. The van der Waals surface area contributed by atoms with E-state index in [1.807, 2.05) is 31.2 Å². The number of aromatic nitrogens is 1. The first-order chi connectivity index (χ1) is 9.56. The fraction of sp³-hybridized carbons (Fsp3) is 0.0625. The molecule has 1 N–H and O–H groups in total. The summed E-state index contributed by atoms with van der Waals surface area (Å²) >= 11 is 12.5. The number of pyridine rings is 1. The number of fused-ring (bicyclic) bond motifs is 1. The molecule has 2 aromatic carbocycles. The van der Waals surface area contributed by atoms with Crippen molar-refractivity contribution in [3.63, 3.8) is 0 Å². The molecule has 100 valence electrons. The minimum Gasteiger partial charge on any atom is -0.508 e. The van der Waals surface area contributed by atoms with Gasteiger partial charge in [-0.3, -0.25) is 4.98 Å². The standard InChI is InChI=1S/C16H11Cl2NO/c1-9-7-12(13-8-10(20)5-6-14(13)17)11-3-2-4-15(18)16(11)19-9/h2-8,20H,1H3. The fourth-order valence-corrected chi connectivity index (χ4v) is 2.72. The number of phenolic OH excluding ortho intramolecular Hbond substituents is 1. The normalized spacial score (nSPS) is 10.9. The lowest BCUT2D eigenvalue weighted by Crippen LogP contribution is -1.90. The highest BCUT2D eigenvalue weighted by Crippen LogP contribution is 2.37. The molecular weight excluding hydrogens is 293 g/mol. The SMILES string of the molecule is Cc1cc(-c2cc(O)ccc2Cl)c2cccc(Cl)c2n1. The predicted octanol–water partition coefficient (Wildman–Crippen LogP) is 5.22. The van der Waals surface area contributed by atoms with Crippen molar-refractivity contribution in [3.8, 4) is 16.9 Å². The lowest BCUT2D eigenvalue weighted by Gasteiger charge is -2.11. The van der Waals surface area contributed by atoms with Gasteiger partial charge >= 0.3 is 0 Å². The van der Waals surface area contributed by atoms with Crippen LogP contribution in [0.15, 0.2) is 42.5 Å². The van der Waals surface area contributed by atoms with Gasteiger partial charge in [0.2, 0.25) is 0 Å². The third-order valence-electron chi connectivity index (χ3n) is 3.16. The molecule has 0 saturated heterocycles. The Labute approximate surface area is 126 Å². The third-order valence-corrected chi connectivity index (χ3v) is 3.79. The first kappa shape index (κ1) is 13.2. The number of rotatable bonds is 1. The first-order valence-electron chi connectivity index (χ1n) is 6.11. The molecule has 0 saturated carbocycles. The van der Waals surface area contributed by atoms with Crippen molar-refractivity contribution >= 4 is 34.1 Å². The van der Waals surface area contributed by atoms with E-state index in [2.05, 4.69) is 4.98 Å². The number of aromatic hydroxyl groups is 1. The van der Waals surface area contributed by atoms with E-state index < -0.39 is 0 Å². The second-order valence-electron chi connectivity index (χ2n) is 4.61. The zero-order valence-electron chi connectivity index (χ0n) is 10.7. The van der Waals surface area contributed by atoms with Crippen LogP contribution in [0.3, 0.4) is 0 Å². The molecule has 0 unspecified atom stereocenters. The van der Waals surface area contributed by atoms with Gasteiger partial charge in [0.1, 0.15) is 5.75 Å². The Balaban J connectivity index is 2.42. The van der Waals surface area contributed by atoms with Crippen molar-refractivity contribution in [1.29, 1.82) is 0 Å². The van der Waals surface area contributed by atoms with E-state index in [4.69, 9.17) is 23.2 Å². The summed E-state index contributed by atoms with van der Waals surface area (Å²) in [7, 11) is 0. The molecule has 0 spiro atoms. The Morgan fingerprint density at radius 2 is 1.75 bits per heavy atom. The van der Waals surface area contributed by atoms with Crippen molar-refractivity contribution in [3.05, 3.63) is 58.2 Å². The summed E-state index contributed by atoms with van der Waals surface area (Å²) in [5.74, 6) is 0.175. The summed E-state index contributed by atoms with van der Waals surface area (Å²) in [6, 6.07) is 12.5. The Morgan fingerprint density at radius 3 is 2.55 bits per heavy atom. The molecule has 20 heavy (non-hydrogen) atoms. The zero-order chi connectivity index (χ0) is 14.3. The van der Waals surface area contributed by atoms with Crippen LogP contribution < -0.4 is 0 Å². The van der Waals surface area contributed by atoms with Crippen LogP contribution in [0.25, 0.3) is 22.0 Å². The maximum absolute atomic E-state index is 9.69. The van der Waals surface area contributed by atoms with E-state index >= 15 is 0 Å². The Kier molecular flexibility index (Phi) is 3.28. The Hall–Kier alpha value is -1.77. The number of para-hydroxylation sites is 1. The smallest absolute Gasteiger partial charge is 0.116 e. The molecule has 0 amide bonds. The number of hydrogen-bond acceptors (Lipinski definition) is 2. The van der Waals surface area contributed by atoms with Gasteiger partial charge in [0.15, 0.2) is 0 Å². The Morgan fingerprint density at radius 1 is 0.950 bits per heavy atom. The summed E-state index contributed by atoms with van der Waals surface area (Å²) in [5, 5.41) is 11.8. The average Bonchev–Trinajstić information content (AvgIpc) is 2.42. The average molecular weight is 304 g/mol. The molecule has 0 bridgehead atoms. The lowest BCUT2D eigenvalue weighted by atomic mass is 10.00. The molecule has 3 aromatic rings. The van der Waals surface area contributed by atoms with Crippen molar-refractivity contribution in [2.24, 2.45) is 0 Å². The van der Waals surface area contributed by atoms with E-state index in [1.54, 1.807) is 18.2 Å². The first-order valence-corrected chi connectivity index (χ1v) is 6.86. The van der Waals surface area contributed by atoms with Crippen LogP contribution in [-0.2, 0) is 0 Å². The molecule has 0 atom stereocenters. The summed E-state index contributed by atoms with van der Waals surface area (Å²) in [6.07, 6.45) is 0. The van der Waals surface area contributed by atoms with Crippen molar-refractivity contribution in [1.82, 2.24) is 4.98 Å². The maximum atomic E-state index is 9.69. The summed E-state index contributed by atoms with van der Waals surface area (Å²) in [6.45, 7) is 1.91. The highest BCUT2D eigenvalue weighted by molar-refractivity contribution is 6.36. The van der Waals surface area contributed by atoms with Gasteiger partial charge in [0, 0.05) is 21.7 Å². The molecule has 0 fully saturated rings. The van der Waals surface area contributed by atoms with Crippen LogP contribution in [0, 0.1) is 6.92 Å². The van der Waals surface area contributed by atoms with Gasteiger partial charge < -0.3 is 5.11 Å². The second-order valence-corrected chi connectivity index (χ2v) is 5.43. The van der Waals surface area contributed by atoms with E-state index in [0.29, 0.717) is 10.0 Å². The number of benzene rings is 2. The topological polar surface area (TPSA) is 33.1 Å². The summed E-state index contributed by atoms with van der Waals surface area (Å²) in [4.78, 5) is 4.48.